The average molecular weight is 233 g/mol. The molecule has 1 nitrogen and oxygen atoms in total. The Bertz CT molecular complexity index is 466. The zero-order valence-corrected chi connectivity index (χ0v) is 9.92. The van der Waals surface area contributed by atoms with Crippen molar-refractivity contribution in [3.8, 4) is 0 Å². The molecule has 0 atom stereocenters. The van der Waals surface area contributed by atoms with Crippen molar-refractivity contribution in [2.24, 2.45) is 0 Å². The topological polar surface area (TPSA) is 17.1 Å². The van der Waals surface area contributed by atoms with E-state index in [1.165, 1.54) is 5.57 Å². The SMILES string of the molecule is CC1=CC(=O)CC/C1=C/c1ccc(Cl)cc1. The largest absolute Gasteiger partial charge is 0.295 e. The Labute approximate surface area is 100 Å². The van der Waals surface area contributed by atoms with Gasteiger partial charge in [-0.15, -0.1) is 0 Å². The van der Waals surface area contributed by atoms with Crippen LogP contribution >= 0.6 is 11.6 Å². The van der Waals surface area contributed by atoms with Crippen LogP contribution in [0.4, 0.5) is 0 Å². The fourth-order valence-corrected chi connectivity index (χ4v) is 1.93. The van der Waals surface area contributed by atoms with Crippen molar-refractivity contribution in [1.82, 2.24) is 0 Å². The molecule has 2 rings (SSSR count). The van der Waals surface area contributed by atoms with E-state index in [4.69, 9.17) is 11.6 Å². The van der Waals surface area contributed by atoms with Gasteiger partial charge in [-0.2, -0.15) is 0 Å². The maximum Gasteiger partial charge on any atom is 0.156 e. The summed E-state index contributed by atoms with van der Waals surface area (Å²) in [6.07, 6.45) is 5.31. The Balaban J connectivity index is 2.28. The molecule has 0 fully saturated rings. The molecular formula is C14H13ClO. The molecule has 0 heterocycles. The minimum absolute atomic E-state index is 0.228. The summed E-state index contributed by atoms with van der Waals surface area (Å²) in [6.45, 7) is 1.98. The average Bonchev–Trinajstić information content (AvgIpc) is 2.25. The van der Waals surface area contributed by atoms with E-state index in [1.54, 1.807) is 6.08 Å². The normalized spacial score (nSPS) is 18.8. The monoisotopic (exact) mass is 232 g/mol. The van der Waals surface area contributed by atoms with Crippen LogP contribution < -0.4 is 0 Å². The van der Waals surface area contributed by atoms with Crippen LogP contribution in [0.2, 0.25) is 5.02 Å². The fraction of sp³-hybridized carbons (Fsp3) is 0.214. The fourth-order valence-electron chi connectivity index (χ4n) is 1.81. The Morgan fingerprint density at radius 2 is 1.88 bits per heavy atom. The van der Waals surface area contributed by atoms with Gasteiger partial charge in [-0.25, -0.2) is 0 Å². The maximum atomic E-state index is 11.2. The molecule has 0 amide bonds. The Hall–Kier alpha value is -1.34. The lowest BCUT2D eigenvalue weighted by Crippen LogP contribution is -2.03. The summed E-state index contributed by atoms with van der Waals surface area (Å²) in [7, 11) is 0. The number of rotatable bonds is 1. The minimum atomic E-state index is 0.228. The van der Waals surface area contributed by atoms with Gasteiger partial charge < -0.3 is 0 Å². The molecule has 0 radical (unpaired) electrons. The Morgan fingerprint density at radius 3 is 2.50 bits per heavy atom. The highest BCUT2D eigenvalue weighted by Crippen LogP contribution is 2.24. The molecule has 82 valence electrons. The van der Waals surface area contributed by atoms with Crippen LogP contribution in [0, 0.1) is 0 Å². The molecule has 1 aliphatic carbocycles. The number of allylic oxidation sites excluding steroid dienone is 3. The molecular weight excluding hydrogens is 220 g/mol. The van der Waals surface area contributed by atoms with Crippen molar-refractivity contribution >= 4 is 23.5 Å². The van der Waals surface area contributed by atoms with Gasteiger partial charge in [0, 0.05) is 11.4 Å². The summed E-state index contributed by atoms with van der Waals surface area (Å²) in [6, 6.07) is 7.72. The van der Waals surface area contributed by atoms with Gasteiger partial charge in [-0.05, 0) is 48.3 Å². The second kappa shape index (κ2) is 4.67. The van der Waals surface area contributed by atoms with Crippen LogP contribution in [0.25, 0.3) is 6.08 Å². The van der Waals surface area contributed by atoms with Crippen molar-refractivity contribution in [1.29, 1.82) is 0 Å². The van der Waals surface area contributed by atoms with Crippen molar-refractivity contribution in [2.75, 3.05) is 0 Å². The molecule has 0 saturated carbocycles. The first-order valence-corrected chi connectivity index (χ1v) is 5.70. The number of carbonyl (C=O) groups is 1. The molecule has 0 spiro atoms. The molecule has 0 saturated heterocycles. The van der Waals surface area contributed by atoms with Gasteiger partial charge in [-0.3, -0.25) is 4.79 Å². The van der Waals surface area contributed by atoms with E-state index < -0.39 is 0 Å². The van der Waals surface area contributed by atoms with E-state index >= 15 is 0 Å². The van der Waals surface area contributed by atoms with E-state index in [-0.39, 0.29) is 5.78 Å². The quantitative estimate of drug-likeness (QED) is 0.715. The van der Waals surface area contributed by atoms with Gasteiger partial charge in [0.25, 0.3) is 0 Å². The molecule has 0 N–H and O–H groups in total. The third-order valence-electron chi connectivity index (χ3n) is 2.74. The van der Waals surface area contributed by atoms with Gasteiger partial charge >= 0.3 is 0 Å². The number of benzene rings is 1. The first-order chi connectivity index (χ1) is 7.65. The summed E-state index contributed by atoms with van der Waals surface area (Å²) in [5.41, 5.74) is 3.44. The van der Waals surface area contributed by atoms with E-state index in [0.717, 1.165) is 22.6 Å². The molecule has 1 aliphatic rings. The molecule has 16 heavy (non-hydrogen) atoms. The zero-order valence-electron chi connectivity index (χ0n) is 9.16. The summed E-state index contributed by atoms with van der Waals surface area (Å²) >= 11 is 5.83. The van der Waals surface area contributed by atoms with Gasteiger partial charge in [-0.1, -0.05) is 29.8 Å². The van der Waals surface area contributed by atoms with Crippen LogP contribution in [-0.4, -0.2) is 5.78 Å². The lowest BCUT2D eigenvalue weighted by atomic mass is 9.92. The standard InChI is InChI=1S/C14H13ClO/c1-10-8-14(16)7-4-12(10)9-11-2-5-13(15)6-3-11/h2-3,5-6,8-9H,4,7H2,1H3/b12-9-. The van der Waals surface area contributed by atoms with Crippen molar-refractivity contribution in [2.45, 2.75) is 19.8 Å². The molecule has 0 aromatic heterocycles. The van der Waals surface area contributed by atoms with Crippen LogP contribution in [0.3, 0.4) is 0 Å². The van der Waals surface area contributed by atoms with Crippen LogP contribution in [0.1, 0.15) is 25.3 Å². The number of halogens is 1. The second-order valence-corrected chi connectivity index (χ2v) is 4.45. The highest BCUT2D eigenvalue weighted by atomic mass is 35.5. The van der Waals surface area contributed by atoms with Crippen LogP contribution in [-0.2, 0) is 4.79 Å². The molecule has 0 aliphatic heterocycles. The van der Waals surface area contributed by atoms with Gasteiger partial charge in [0.2, 0.25) is 0 Å². The highest BCUT2D eigenvalue weighted by Gasteiger charge is 2.11. The number of hydrogen-bond acceptors (Lipinski definition) is 1. The van der Waals surface area contributed by atoms with Crippen molar-refractivity contribution in [3.63, 3.8) is 0 Å². The number of carbonyl (C=O) groups excluding carboxylic acids is 1. The van der Waals surface area contributed by atoms with E-state index in [9.17, 15) is 4.79 Å². The molecule has 2 heteroatoms. The summed E-state index contributed by atoms with van der Waals surface area (Å²) < 4.78 is 0. The van der Waals surface area contributed by atoms with Crippen molar-refractivity contribution < 1.29 is 4.79 Å². The number of hydrogen-bond donors (Lipinski definition) is 0. The van der Waals surface area contributed by atoms with Crippen LogP contribution in [0.15, 0.2) is 41.5 Å². The lowest BCUT2D eigenvalue weighted by molar-refractivity contribution is -0.114. The second-order valence-electron chi connectivity index (χ2n) is 4.01. The van der Waals surface area contributed by atoms with Gasteiger partial charge in [0.1, 0.15) is 0 Å². The first kappa shape index (κ1) is 11.2. The predicted molar refractivity (Wildman–Crippen MR) is 67.4 cm³/mol. The first-order valence-electron chi connectivity index (χ1n) is 5.33. The maximum absolute atomic E-state index is 11.2. The van der Waals surface area contributed by atoms with E-state index in [0.29, 0.717) is 6.42 Å². The Morgan fingerprint density at radius 1 is 1.19 bits per heavy atom. The number of ketones is 1. The predicted octanol–water partition coefficient (Wildman–Crippen LogP) is 4.03. The Kier molecular flexibility index (Phi) is 3.25. The third-order valence-corrected chi connectivity index (χ3v) is 2.99. The summed E-state index contributed by atoms with van der Waals surface area (Å²) in [4.78, 5) is 11.2. The van der Waals surface area contributed by atoms with E-state index in [1.807, 2.05) is 31.2 Å². The van der Waals surface area contributed by atoms with Crippen molar-refractivity contribution in [3.05, 3.63) is 52.1 Å². The summed E-state index contributed by atoms with van der Waals surface area (Å²) in [5, 5.41) is 0.744. The zero-order chi connectivity index (χ0) is 11.5. The summed E-state index contributed by atoms with van der Waals surface area (Å²) in [5.74, 6) is 0.228. The lowest BCUT2D eigenvalue weighted by Gasteiger charge is -2.12. The smallest absolute Gasteiger partial charge is 0.156 e. The minimum Gasteiger partial charge on any atom is -0.295 e. The van der Waals surface area contributed by atoms with E-state index in [2.05, 4.69) is 6.08 Å². The van der Waals surface area contributed by atoms with Crippen LogP contribution in [0.5, 0.6) is 0 Å². The molecule has 0 bridgehead atoms. The molecule has 1 aromatic rings. The molecule has 0 unspecified atom stereocenters. The van der Waals surface area contributed by atoms with Gasteiger partial charge in [0.05, 0.1) is 0 Å². The molecule has 1 aromatic carbocycles. The third kappa shape index (κ3) is 2.61. The highest BCUT2D eigenvalue weighted by molar-refractivity contribution is 6.30. The van der Waals surface area contributed by atoms with Gasteiger partial charge in [0.15, 0.2) is 5.78 Å².